The third-order valence-electron chi connectivity index (χ3n) is 3.72. The minimum Gasteiger partial charge on any atom is -0.508 e. The summed E-state index contributed by atoms with van der Waals surface area (Å²) in [5.41, 5.74) is 7.03. The lowest BCUT2D eigenvalue weighted by Gasteiger charge is -2.27. The zero-order valence-electron chi connectivity index (χ0n) is 11.9. The summed E-state index contributed by atoms with van der Waals surface area (Å²) < 4.78 is 0. The molecule has 3 nitrogen and oxygen atoms in total. The molecule has 0 heterocycles. The number of hydrogen-bond donors (Lipinski definition) is 2. The molecule has 3 heteroatoms. The first-order valence-electron chi connectivity index (χ1n) is 6.67. The molecule has 0 spiro atoms. The van der Waals surface area contributed by atoms with Crippen molar-refractivity contribution in [3.63, 3.8) is 0 Å². The number of rotatable bonds is 6. The minimum atomic E-state index is 0.200. The average molecular weight is 250 g/mol. The van der Waals surface area contributed by atoms with Crippen molar-refractivity contribution in [2.75, 3.05) is 13.6 Å². The van der Waals surface area contributed by atoms with Gasteiger partial charge in [0.15, 0.2) is 0 Å². The van der Waals surface area contributed by atoms with Gasteiger partial charge in [0.05, 0.1) is 0 Å². The van der Waals surface area contributed by atoms with Gasteiger partial charge in [-0.05, 0) is 38.9 Å². The Bertz CT molecular complexity index is 365. The lowest BCUT2D eigenvalue weighted by atomic mass is 10.0. The molecule has 0 aromatic heterocycles. The van der Waals surface area contributed by atoms with Crippen LogP contribution in [0.3, 0.4) is 0 Å². The van der Waals surface area contributed by atoms with Crippen LogP contribution in [0.15, 0.2) is 24.3 Å². The van der Waals surface area contributed by atoms with Crippen LogP contribution in [0.1, 0.15) is 38.8 Å². The maximum atomic E-state index is 9.84. The van der Waals surface area contributed by atoms with Gasteiger partial charge >= 0.3 is 0 Å². The third kappa shape index (κ3) is 4.00. The smallest absolute Gasteiger partial charge is 0.120 e. The van der Waals surface area contributed by atoms with Gasteiger partial charge in [-0.2, -0.15) is 0 Å². The summed E-state index contributed by atoms with van der Waals surface area (Å²) in [6.45, 7) is 7.35. The molecule has 1 aromatic carbocycles. The molecule has 0 fully saturated rings. The molecule has 0 saturated heterocycles. The fourth-order valence-electron chi connectivity index (χ4n) is 1.96. The molecule has 18 heavy (non-hydrogen) atoms. The molecule has 1 aromatic rings. The van der Waals surface area contributed by atoms with Gasteiger partial charge in [-0.1, -0.05) is 32.0 Å². The minimum absolute atomic E-state index is 0.200. The van der Waals surface area contributed by atoms with E-state index >= 15 is 0 Å². The Morgan fingerprint density at radius 1 is 1.22 bits per heavy atom. The molecule has 0 aliphatic rings. The van der Waals surface area contributed by atoms with Crippen LogP contribution in [0.2, 0.25) is 0 Å². The van der Waals surface area contributed by atoms with Crippen LogP contribution in [-0.2, 0) is 0 Å². The van der Waals surface area contributed by atoms with Crippen molar-refractivity contribution in [3.8, 4) is 5.75 Å². The van der Waals surface area contributed by atoms with E-state index in [1.54, 1.807) is 6.07 Å². The molecular weight excluding hydrogens is 224 g/mol. The number of phenols is 1. The number of aromatic hydroxyl groups is 1. The molecular formula is C15H26N2O. The van der Waals surface area contributed by atoms with Gasteiger partial charge in [-0.15, -0.1) is 0 Å². The lowest BCUT2D eigenvalue weighted by Crippen LogP contribution is -2.32. The van der Waals surface area contributed by atoms with Crippen molar-refractivity contribution in [2.24, 2.45) is 11.7 Å². The SMILES string of the molecule is CC(C)C(N)CCN(C)C(C)c1ccccc1O. The van der Waals surface area contributed by atoms with E-state index in [1.165, 1.54) is 0 Å². The van der Waals surface area contributed by atoms with Crippen LogP contribution in [-0.4, -0.2) is 29.6 Å². The summed E-state index contributed by atoms with van der Waals surface area (Å²) in [7, 11) is 2.07. The molecule has 0 amide bonds. The third-order valence-corrected chi connectivity index (χ3v) is 3.72. The van der Waals surface area contributed by atoms with E-state index in [1.807, 2.05) is 18.2 Å². The van der Waals surface area contributed by atoms with Crippen molar-refractivity contribution in [1.82, 2.24) is 4.90 Å². The first-order chi connectivity index (χ1) is 8.43. The summed E-state index contributed by atoms with van der Waals surface area (Å²) in [5.74, 6) is 0.879. The van der Waals surface area contributed by atoms with Gasteiger partial charge in [-0.25, -0.2) is 0 Å². The first kappa shape index (κ1) is 15.0. The highest BCUT2D eigenvalue weighted by molar-refractivity contribution is 5.34. The quantitative estimate of drug-likeness (QED) is 0.816. The summed E-state index contributed by atoms with van der Waals surface area (Å²) in [6.07, 6.45) is 0.978. The number of nitrogens with zero attached hydrogens (tertiary/aromatic N) is 1. The van der Waals surface area contributed by atoms with Gasteiger partial charge in [0.1, 0.15) is 5.75 Å². The molecule has 0 radical (unpaired) electrons. The van der Waals surface area contributed by atoms with E-state index in [9.17, 15) is 5.11 Å². The molecule has 0 aliphatic heterocycles. The van der Waals surface area contributed by atoms with Gasteiger partial charge < -0.3 is 10.8 Å². The van der Waals surface area contributed by atoms with Crippen molar-refractivity contribution in [1.29, 1.82) is 0 Å². The molecule has 1 rings (SSSR count). The van der Waals surface area contributed by atoms with Crippen LogP contribution in [0.4, 0.5) is 0 Å². The Labute approximate surface area is 111 Å². The Hall–Kier alpha value is -1.06. The van der Waals surface area contributed by atoms with E-state index in [4.69, 9.17) is 5.73 Å². The Morgan fingerprint density at radius 2 is 1.83 bits per heavy atom. The molecule has 2 atom stereocenters. The van der Waals surface area contributed by atoms with Crippen LogP contribution in [0.25, 0.3) is 0 Å². The Morgan fingerprint density at radius 3 is 2.39 bits per heavy atom. The maximum Gasteiger partial charge on any atom is 0.120 e. The van der Waals surface area contributed by atoms with E-state index in [0.29, 0.717) is 11.7 Å². The molecule has 0 saturated carbocycles. The highest BCUT2D eigenvalue weighted by Gasteiger charge is 2.16. The van der Waals surface area contributed by atoms with Crippen LogP contribution in [0, 0.1) is 5.92 Å². The standard InChI is InChI=1S/C15H26N2O/c1-11(2)14(16)9-10-17(4)12(3)13-7-5-6-8-15(13)18/h5-8,11-12,14,18H,9-10,16H2,1-4H3. The average Bonchev–Trinajstić information content (AvgIpc) is 2.35. The predicted octanol–water partition coefficient (Wildman–Crippen LogP) is 2.76. The zero-order valence-corrected chi connectivity index (χ0v) is 11.9. The summed E-state index contributed by atoms with van der Waals surface area (Å²) in [6, 6.07) is 7.95. The molecule has 3 N–H and O–H groups in total. The van der Waals surface area contributed by atoms with Crippen molar-refractivity contribution < 1.29 is 5.11 Å². The number of para-hydroxylation sites is 1. The maximum absolute atomic E-state index is 9.84. The second-order valence-electron chi connectivity index (χ2n) is 5.41. The van der Waals surface area contributed by atoms with Crippen LogP contribution < -0.4 is 5.73 Å². The molecule has 2 unspecified atom stereocenters. The van der Waals surface area contributed by atoms with E-state index in [-0.39, 0.29) is 12.1 Å². The molecule has 0 aliphatic carbocycles. The van der Waals surface area contributed by atoms with E-state index in [0.717, 1.165) is 18.5 Å². The van der Waals surface area contributed by atoms with E-state index in [2.05, 4.69) is 32.7 Å². The van der Waals surface area contributed by atoms with Gasteiger partial charge in [0.2, 0.25) is 0 Å². The van der Waals surface area contributed by atoms with Crippen molar-refractivity contribution >= 4 is 0 Å². The fraction of sp³-hybridized carbons (Fsp3) is 0.600. The Balaban J connectivity index is 2.57. The normalized spacial score (nSPS) is 15.1. The fourth-order valence-corrected chi connectivity index (χ4v) is 1.96. The highest BCUT2D eigenvalue weighted by Crippen LogP contribution is 2.27. The lowest BCUT2D eigenvalue weighted by molar-refractivity contribution is 0.239. The topological polar surface area (TPSA) is 49.5 Å². The number of nitrogens with two attached hydrogens (primary N) is 1. The van der Waals surface area contributed by atoms with E-state index < -0.39 is 0 Å². The Kier molecular flexibility index (Phi) is 5.63. The largest absolute Gasteiger partial charge is 0.508 e. The number of hydrogen-bond acceptors (Lipinski definition) is 3. The molecule has 0 bridgehead atoms. The van der Waals surface area contributed by atoms with Crippen LogP contribution in [0.5, 0.6) is 5.75 Å². The molecule has 102 valence electrons. The summed E-state index contributed by atoms with van der Waals surface area (Å²) >= 11 is 0. The zero-order chi connectivity index (χ0) is 13.7. The van der Waals surface area contributed by atoms with Gasteiger partial charge in [-0.3, -0.25) is 4.90 Å². The monoisotopic (exact) mass is 250 g/mol. The van der Waals surface area contributed by atoms with Crippen LogP contribution >= 0.6 is 0 Å². The highest BCUT2D eigenvalue weighted by atomic mass is 16.3. The second kappa shape index (κ2) is 6.76. The van der Waals surface area contributed by atoms with Crippen molar-refractivity contribution in [3.05, 3.63) is 29.8 Å². The van der Waals surface area contributed by atoms with Crippen molar-refractivity contribution in [2.45, 2.75) is 39.3 Å². The summed E-state index contributed by atoms with van der Waals surface area (Å²) in [4.78, 5) is 2.23. The summed E-state index contributed by atoms with van der Waals surface area (Å²) in [5, 5.41) is 9.84. The van der Waals surface area contributed by atoms with Gasteiger partial charge in [0.25, 0.3) is 0 Å². The predicted molar refractivity (Wildman–Crippen MR) is 76.6 cm³/mol. The van der Waals surface area contributed by atoms with Gasteiger partial charge in [0, 0.05) is 17.6 Å². The second-order valence-corrected chi connectivity index (χ2v) is 5.41. The number of phenolic OH excluding ortho intramolecular Hbond substituents is 1. The number of benzene rings is 1. The first-order valence-corrected chi connectivity index (χ1v) is 6.67.